The van der Waals surface area contributed by atoms with Crippen LogP contribution in [0.3, 0.4) is 0 Å². The third-order valence-corrected chi connectivity index (χ3v) is 4.22. The summed E-state index contributed by atoms with van der Waals surface area (Å²) in [5, 5.41) is 1.83. The third-order valence-electron chi connectivity index (χ3n) is 3.19. The lowest BCUT2D eigenvalue weighted by atomic mass is 10.1. The van der Waals surface area contributed by atoms with Gasteiger partial charge in [-0.2, -0.15) is 0 Å². The van der Waals surface area contributed by atoms with Crippen molar-refractivity contribution in [3.05, 3.63) is 29.1 Å². The molecule has 0 bridgehead atoms. The third kappa shape index (κ3) is 2.27. The molecule has 0 radical (unpaired) electrons. The highest BCUT2D eigenvalue weighted by atomic mass is 32.1. The SMILES string of the molecule is COC(=O)c1cc2cc3cc(OC)c(OC)cc3nc2s1. The number of hydrogen-bond acceptors (Lipinski definition) is 6. The van der Waals surface area contributed by atoms with Gasteiger partial charge in [0.1, 0.15) is 9.71 Å². The summed E-state index contributed by atoms with van der Waals surface area (Å²) in [7, 11) is 4.55. The van der Waals surface area contributed by atoms with Gasteiger partial charge in [-0.15, -0.1) is 11.3 Å². The number of pyridine rings is 1. The zero-order valence-electron chi connectivity index (χ0n) is 11.8. The predicted octanol–water partition coefficient (Wildman–Crippen LogP) is 3.25. The summed E-state index contributed by atoms with van der Waals surface area (Å²) in [5.74, 6) is 0.924. The molecule has 0 aliphatic rings. The van der Waals surface area contributed by atoms with Gasteiger partial charge in [0.25, 0.3) is 0 Å². The lowest BCUT2D eigenvalue weighted by molar-refractivity contribution is 0.0606. The fraction of sp³-hybridized carbons (Fsp3) is 0.200. The normalized spacial score (nSPS) is 10.8. The molecule has 0 atom stereocenters. The lowest BCUT2D eigenvalue weighted by Crippen LogP contribution is -1.96. The number of esters is 1. The van der Waals surface area contributed by atoms with Gasteiger partial charge in [-0.25, -0.2) is 9.78 Å². The zero-order chi connectivity index (χ0) is 15.0. The van der Waals surface area contributed by atoms with Crippen LogP contribution in [0.25, 0.3) is 21.1 Å². The first kappa shape index (κ1) is 13.6. The Kier molecular flexibility index (Phi) is 3.39. The molecular weight excluding hydrogens is 290 g/mol. The highest BCUT2D eigenvalue weighted by Gasteiger charge is 2.13. The Labute approximate surface area is 125 Å². The summed E-state index contributed by atoms with van der Waals surface area (Å²) in [6.07, 6.45) is 0. The van der Waals surface area contributed by atoms with E-state index in [0.717, 1.165) is 21.1 Å². The molecule has 108 valence electrons. The summed E-state index contributed by atoms with van der Waals surface area (Å²) in [6, 6.07) is 7.46. The van der Waals surface area contributed by atoms with Crippen molar-refractivity contribution in [1.82, 2.24) is 4.98 Å². The zero-order valence-corrected chi connectivity index (χ0v) is 12.6. The van der Waals surface area contributed by atoms with Crippen molar-refractivity contribution in [2.45, 2.75) is 0 Å². The number of rotatable bonds is 3. The Balaban J connectivity index is 2.24. The van der Waals surface area contributed by atoms with E-state index in [-0.39, 0.29) is 5.97 Å². The molecule has 6 heteroatoms. The molecular formula is C15H13NO4S. The molecule has 0 fully saturated rings. The van der Waals surface area contributed by atoms with E-state index in [1.165, 1.54) is 18.4 Å². The van der Waals surface area contributed by atoms with Crippen molar-refractivity contribution >= 4 is 38.4 Å². The van der Waals surface area contributed by atoms with Gasteiger partial charge in [-0.1, -0.05) is 0 Å². The van der Waals surface area contributed by atoms with E-state index in [0.29, 0.717) is 16.4 Å². The van der Waals surface area contributed by atoms with Crippen LogP contribution in [-0.4, -0.2) is 32.3 Å². The van der Waals surface area contributed by atoms with Crippen molar-refractivity contribution < 1.29 is 19.0 Å². The maximum atomic E-state index is 11.6. The molecule has 0 aliphatic heterocycles. The second kappa shape index (κ2) is 5.21. The van der Waals surface area contributed by atoms with E-state index < -0.39 is 0 Å². The second-order valence-corrected chi connectivity index (χ2v) is 5.42. The Morgan fingerprint density at radius 3 is 2.38 bits per heavy atom. The summed E-state index contributed by atoms with van der Waals surface area (Å²) < 4.78 is 15.3. The summed E-state index contributed by atoms with van der Waals surface area (Å²) in [5.41, 5.74) is 0.790. The number of benzene rings is 1. The van der Waals surface area contributed by atoms with Crippen LogP contribution in [0.1, 0.15) is 9.67 Å². The van der Waals surface area contributed by atoms with Crippen molar-refractivity contribution in [1.29, 1.82) is 0 Å². The minimum atomic E-state index is -0.350. The molecule has 0 saturated carbocycles. The van der Waals surface area contributed by atoms with Gasteiger partial charge >= 0.3 is 5.97 Å². The van der Waals surface area contributed by atoms with Crippen molar-refractivity contribution in [2.24, 2.45) is 0 Å². The van der Waals surface area contributed by atoms with Crippen molar-refractivity contribution in [3.63, 3.8) is 0 Å². The van der Waals surface area contributed by atoms with Crippen LogP contribution in [0.2, 0.25) is 0 Å². The largest absolute Gasteiger partial charge is 0.493 e. The number of thiophene rings is 1. The molecule has 21 heavy (non-hydrogen) atoms. The number of methoxy groups -OCH3 is 3. The van der Waals surface area contributed by atoms with E-state index in [1.54, 1.807) is 20.3 Å². The maximum absolute atomic E-state index is 11.6. The lowest BCUT2D eigenvalue weighted by Gasteiger charge is -2.08. The molecule has 0 saturated heterocycles. The van der Waals surface area contributed by atoms with Crippen molar-refractivity contribution in [2.75, 3.05) is 21.3 Å². The number of nitrogens with zero attached hydrogens (tertiary/aromatic N) is 1. The monoisotopic (exact) mass is 303 g/mol. The van der Waals surface area contributed by atoms with Gasteiger partial charge in [-0.3, -0.25) is 0 Å². The molecule has 5 nitrogen and oxygen atoms in total. The van der Waals surface area contributed by atoms with Crippen molar-refractivity contribution in [3.8, 4) is 11.5 Å². The molecule has 0 unspecified atom stereocenters. The van der Waals surface area contributed by atoms with Crippen LogP contribution >= 0.6 is 11.3 Å². The van der Waals surface area contributed by atoms with Crippen LogP contribution in [0.4, 0.5) is 0 Å². The maximum Gasteiger partial charge on any atom is 0.348 e. The summed E-state index contributed by atoms with van der Waals surface area (Å²) >= 11 is 1.31. The van der Waals surface area contributed by atoms with Gasteiger partial charge < -0.3 is 14.2 Å². The van der Waals surface area contributed by atoms with Gasteiger partial charge in [0.15, 0.2) is 11.5 Å². The first-order chi connectivity index (χ1) is 10.2. The molecule has 2 aromatic heterocycles. The molecule has 0 N–H and O–H groups in total. The Morgan fingerprint density at radius 2 is 1.71 bits per heavy atom. The molecule has 3 aromatic rings. The fourth-order valence-corrected chi connectivity index (χ4v) is 3.10. The quantitative estimate of drug-likeness (QED) is 0.695. The average Bonchev–Trinajstić information content (AvgIpc) is 2.93. The molecule has 0 aliphatic carbocycles. The minimum absolute atomic E-state index is 0.350. The topological polar surface area (TPSA) is 57.7 Å². The molecule has 0 spiro atoms. The van der Waals surface area contributed by atoms with Gasteiger partial charge in [0.2, 0.25) is 0 Å². The molecule has 1 aromatic carbocycles. The Hall–Kier alpha value is -2.34. The Bertz CT molecular complexity index is 780. The smallest absolute Gasteiger partial charge is 0.348 e. The number of hydrogen-bond donors (Lipinski definition) is 0. The number of fused-ring (bicyclic) bond motifs is 2. The molecule has 2 heterocycles. The number of ether oxygens (including phenoxy) is 3. The van der Waals surface area contributed by atoms with Gasteiger partial charge in [0.05, 0.1) is 26.8 Å². The summed E-state index contributed by atoms with van der Waals surface area (Å²) in [4.78, 5) is 17.5. The first-order valence-corrected chi connectivity index (χ1v) is 7.02. The van der Waals surface area contributed by atoms with Crippen LogP contribution in [-0.2, 0) is 4.74 Å². The van der Waals surface area contributed by atoms with Gasteiger partial charge in [0, 0.05) is 16.8 Å². The molecule has 3 rings (SSSR count). The minimum Gasteiger partial charge on any atom is -0.493 e. The summed E-state index contributed by atoms with van der Waals surface area (Å²) in [6.45, 7) is 0. The first-order valence-electron chi connectivity index (χ1n) is 6.21. The number of aromatic nitrogens is 1. The second-order valence-electron chi connectivity index (χ2n) is 4.38. The molecule has 0 amide bonds. The average molecular weight is 303 g/mol. The Morgan fingerprint density at radius 1 is 1.00 bits per heavy atom. The van der Waals surface area contributed by atoms with Crippen LogP contribution < -0.4 is 9.47 Å². The van der Waals surface area contributed by atoms with Crippen LogP contribution in [0, 0.1) is 0 Å². The van der Waals surface area contributed by atoms with Crippen LogP contribution in [0.5, 0.6) is 11.5 Å². The van der Waals surface area contributed by atoms with E-state index in [9.17, 15) is 4.79 Å². The highest BCUT2D eigenvalue weighted by molar-refractivity contribution is 7.20. The number of carbonyl (C=O) groups is 1. The fourth-order valence-electron chi connectivity index (χ4n) is 2.16. The predicted molar refractivity (Wildman–Crippen MR) is 81.6 cm³/mol. The van der Waals surface area contributed by atoms with E-state index in [4.69, 9.17) is 14.2 Å². The van der Waals surface area contributed by atoms with E-state index in [2.05, 4.69) is 4.98 Å². The standard InChI is InChI=1S/C15H13NO4S/c1-18-11-5-8-4-9-6-13(15(17)20-3)21-14(9)16-10(8)7-12(11)19-2/h4-7H,1-3H3. The number of carbonyl (C=O) groups excluding carboxylic acids is 1. The van der Waals surface area contributed by atoms with Crippen LogP contribution in [0.15, 0.2) is 24.3 Å². The van der Waals surface area contributed by atoms with E-state index in [1.807, 2.05) is 18.2 Å². The highest BCUT2D eigenvalue weighted by Crippen LogP contribution is 2.34. The van der Waals surface area contributed by atoms with E-state index >= 15 is 0 Å². The van der Waals surface area contributed by atoms with Gasteiger partial charge in [-0.05, 0) is 18.2 Å².